The third-order valence-corrected chi connectivity index (χ3v) is 3.93. The molecule has 0 bridgehead atoms. The van der Waals surface area contributed by atoms with Crippen LogP contribution < -0.4 is 24.3 Å². The van der Waals surface area contributed by atoms with Gasteiger partial charge in [-0.2, -0.15) is 0 Å². The highest BCUT2D eigenvalue weighted by Crippen LogP contribution is 2.21. The summed E-state index contributed by atoms with van der Waals surface area (Å²) < 4.78 is 21.8. The molecule has 0 aliphatic carbocycles. The molecule has 6 nitrogen and oxygen atoms in total. The van der Waals surface area contributed by atoms with E-state index in [2.05, 4.69) is 5.32 Å². The fourth-order valence-electron chi connectivity index (χ4n) is 2.43. The molecule has 1 N–H and O–H groups in total. The van der Waals surface area contributed by atoms with E-state index in [4.69, 9.17) is 18.9 Å². The Balaban J connectivity index is 1.84. The number of benzene rings is 2. The number of rotatable bonds is 10. The molecule has 2 aromatic rings. The first kappa shape index (κ1) is 20.4. The molecule has 0 spiro atoms. The van der Waals surface area contributed by atoms with Gasteiger partial charge in [-0.15, -0.1) is 0 Å². The first-order chi connectivity index (χ1) is 13.0. The number of hydrogen-bond acceptors (Lipinski definition) is 5. The molecule has 0 saturated carbocycles. The monoisotopic (exact) mass is 373 g/mol. The molecule has 27 heavy (non-hydrogen) atoms. The lowest BCUT2D eigenvalue weighted by Crippen LogP contribution is -2.44. The Morgan fingerprint density at radius 2 is 1.59 bits per heavy atom. The van der Waals surface area contributed by atoms with Crippen LogP contribution in [-0.4, -0.2) is 38.9 Å². The largest absolute Gasteiger partial charge is 0.497 e. The summed E-state index contributed by atoms with van der Waals surface area (Å²) in [6, 6.07) is 14.4. The van der Waals surface area contributed by atoms with Crippen molar-refractivity contribution in [1.82, 2.24) is 5.32 Å². The van der Waals surface area contributed by atoms with Gasteiger partial charge < -0.3 is 24.3 Å². The first-order valence-electron chi connectivity index (χ1n) is 8.93. The maximum Gasteiger partial charge on any atom is 0.261 e. The van der Waals surface area contributed by atoms with Crippen molar-refractivity contribution in [3.05, 3.63) is 48.5 Å². The highest BCUT2D eigenvalue weighted by molar-refractivity contribution is 5.81. The molecule has 0 aromatic heterocycles. The lowest BCUT2D eigenvalue weighted by molar-refractivity contribution is -0.128. The topological polar surface area (TPSA) is 66.0 Å². The highest BCUT2D eigenvalue weighted by Gasteiger charge is 2.20. The van der Waals surface area contributed by atoms with Crippen molar-refractivity contribution < 1.29 is 23.7 Å². The van der Waals surface area contributed by atoms with Crippen molar-refractivity contribution in [3.63, 3.8) is 0 Å². The Hall–Kier alpha value is -2.89. The molecule has 2 aromatic carbocycles. The van der Waals surface area contributed by atoms with Crippen LogP contribution in [0.4, 0.5) is 0 Å². The van der Waals surface area contributed by atoms with E-state index in [0.717, 1.165) is 11.5 Å². The van der Waals surface area contributed by atoms with Gasteiger partial charge >= 0.3 is 0 Å². The normalized spacial score (nSPS) is 12.6. The summed E-state index contributed by atoms with van der Waals surface area (Å²) in [5, 5.41) is 2.93. The smallest absolute Gasteiger partial charge is 0.261 e. The molecule has 0 saturated heterocycles. The van der Waals surface area contributed by atoms with E-state index in [-0.39, 0.29) is 11.9 Å². The van der Waals surface area contributed by atoms with Gasteiger partial charge in [0.2, 0.25) is 0 Å². The van der Waals surface area contributed by atoms with E-state index < -0.39 is 6.10 Å². The zero-order chi connectivity index (χ0) is 19.6. The van der Waals surface area contributed by atoms with Crippen LogP contribution in [0.1, 0.15) is 20.3 Å². The van der Waals surface area contributed by atoms with Crippen LogP contribution in [0.3, 0.4) is 0 Å². The van der Waals surface area contributed by atoms with Gasteiger partial charge in [0.1, 0.15) is 29.6 Å². The van der Waals surface area contributed by atoms with Crippen molar-refractivity contribution in [3.8, 4) is 23.0 Å². The Kier molecular flexibility index (Phi) is 7.79. The summed E-state index contributed by atoms with van der Waals surface area (Å²) in [5.74, 6) is 2.59. The van der Waals surface area contributed by atoms with Crippen molar-refractivity contribution in [2.24, 2.45) is 0 Å². The summed E-state index contributed by atoms with van der Waals surface area (Å²) in [7, 11) is 3.21. The molecule has 0 aliphatic heterocycles. The predicted molar refractivity (Wildman–Crippen MR) is 104 cm³/mol. The number of carbonyl (C=O) groups is 1. The summed E-state index contributed by atoms with van der Waals surface area (Å²) >= 11 is 0. The average Bonchev–Trinajstić information content (AvgIpc) is 2.70. The van der Waals surface area contributed by atoms with E-state index in [1.807, 2.05) is 50.2 Å². The average molecular weight is 373 g/mol. The summed E-state index contributed by atoms with van der Waals surface area (Å²) in [6.07, 6.45) is -0.0321. The zero-order valence-corrected chi connectivity index (χ0v) is 16.2. The SMILES string of the molecule is CCC(Oc1cccc(OC)c1)C(=O)NC(C)COc1ccc(OC)cc1. The molecule has 6 heteroatoms. The summed E-state index contributed by atoms with van der Waals surface area (Å²) in [5.41, 5.74) is 0. The summed E-state index contributed by atoms with van der Waals surface area (Å²) in [4.78, 5) is 12.5. The fourth-order valence-corrected chi connectivity index (χ4v) is 2.43. The second-order valence-electron chi connectivity index (χ2n) is 6.09. The molecule has 2 atom stereocenters. The zero-order valence-electron chi connectivity index (χ0n) is 16.2. The lowest BCUT2D eigenvalue weighted by Gasteiger charge is -2.21. The molecule has 1 amide bonds. The Labute approximate surface area is 160 Å². The van der Waals surface area contributed by atoms with Crippen molar-refractivity contribution in [2.75, 3.05) is 20.8 Å². The molecule has 0 heterocycles. The third-order valence-electron chi connectivity index (χ3n) is 3.93. The van der Waals surface area contributed by atoms with Gasteiger partial charge in [0.15, 0.2) is 6.10 Å². The maximum absolute atomic E-state index is 12.5. The minimum Gasteiger partial charge on any atom is -0.497 e. The molecule has 0 fully saturated rings. The van der Waals surface area contributed by atoms with Crippen molar-refractivity contribution >= 4 is 5.91 Å². The van der Waals surface area contributed by atoms with Gasteiger partial charge in [0.05, 0.1) is 20.3 Å². The predicted octanol–water partition coefficient (Wildman–Crippen LogP) is 3.44. The van der Waals surface area contributed by atoms with Gasteiger partial charge in [-0.3, -0.25) is 4.79 Å². The number of hydrogen-bond donors (Lipinski definition) is 1. The number of methoxy groups -OCH3 is 2. The van der Waals surface area contributed by atoms with Crippen LogP contribution in [0.2, 0.25) is 0 Å². The minimum atomic E-state index is -0.583. The molecule has 2 unspecified atom stereocenters. The molecule has 146 valence electrons. The highest BCUT2D eigenvalue weighted by atomic mass is 16.5. The fraction of sp³-hybridized carbons (Fsp3) is 0.381. The maximum atomic E-state index is 12.5. The van der Waals surface area contributed by atoms with Crippen LogP contribution in [0.25, 0.3) is 0 Å². The quantitative estimate of drug-likeness (QED) is 0.691. The Morgan fingerprint density at radius 3 is 2.22 bits per heavy atom. The van der Waals surface area contributed by atoms with Gasteiger partial charge in [-0.05, 0) is 49.7 Å². The molecule has 0 radical (unpaired) electrons. The van der Waals surface area contributed by atoms with Gasteiger partial charge in [0, 0.05) is 6.07 Å². The van der Waals surface area contributed by atoms with E-state index >= 15 is 0 Å². The van der Waals surface area contributed by atoms with E-state index in [1.54, 1.807) is 26.4 Å². The van der Waals surface area contributed by atoms with Crippen LogP contribution in [-0.2, 0) is 4.79 Å². The molecular weight excluding hydrogens is 346 g/mol. The second-order valence-corrected chi connectivity index (χ2v) is 6.09. The van der Waals surface area contributed by atoms with E-state index in [0.29, 0.717) is 24.5 Å². The molecular formula is C21H27NO5. The Bertz CT molecular complexity index is 717. The van der Waals surface area contributed by atoms with Crippen LogP contribution in [0, 0.1) is 0 Å². The van der Waals surface area contributed by atoms with Crippen molar-refractivity contribution in [2.45, 2.75) is 32.4 Å². The van der Waals surface area contributed by atoms with Gasteiger partial charge in [0.25, 0.3) is 5.91 Å². The standard InChI is InChI=1S/C21H27NO5/c1-5-20(27-19-8-6-7-18(13-19)25-4)21(23)22-15(2)14-26-17-11-9-16(24-3)10-12-17/h6-13,15,20H,5,14H2,1-4H3,(H,22,23). The van der Waals surface area contributed by atoms with Crippen molar-refractivity contribution in [1.29, 1.82) is 0 Å². The van der Waals surface area contributed by atoms with Gasteiger partial charge in [-0.25, -0.2) is 0 Å². The van der Waals surface area contributed by atoms with E-state index in [1.165, 1.54) is 0 Å². The summed E-state index contributed by atoms with van der Waals surface area (Å²) in [6.45, 7) is 4.15. The van der Waals surface area contributed by atoms with Crippen LogP contribution in [0.15, 0.2) is 48.5 Å². The lowest BCUT2D eigenvalue weighted by atomic mass is 10.2. The number of ether oxygens (including phenoxy) is 4. The molecule has 0 aliphatic rings. The van der Waals surface area contributed by atoms with Gasteiger partial charge in [-0.1, -0.05) is 13.0 Å². The van der Waals surface area contributed by atoms with Crippen LogP contribution >= 0.6 is 0 Å². The Morgan fingerprint density at radius 1 is 0.963 bits per heavy atom. The second kappa shape index (κ2) is 10.3. The first-order valence-corrected chi connectivity index (χ1v) is 8.93. The minimum absolute atomic E-state index is 0.164. The van der Waals surface area contributed by atoms with Crippen LogP contribution in [0.5, 0.6) is 23.0 Å². The third kappa shape index (κ3) is 6.40. The number of carbonyl (C=O) groups excluding carboxylic acids is 1. The number of amides is 1. The van der Waals surface area contributed by atoms with E-state index in [9.17, 15) is 4.79 Å². The molecule has 2 rings (SSSR count). The number of nitrogens with one attached hydrogen (secondary N) is 1.